The highest BCUT2D eigenvalue weighted by molar-refractivity contribution is 5.72. The maximum atomic E-state index is 11.9. The molecular weight excluding hydrogens is 292 g/mol. The molecule has 0 N–H and O–H groups in total. The van der Waals surface area contributed by atoms with E-state index >= 15 is 0 Å². The molecule has 2 rings (SSSR count). The second-order valence-corrected chi connectivity index (χ2v) is 6.61. The Morgan fingerprint density at radius 1 is 1.30 bits per heavy atom. The monoisotopic (exact) mass is 316 g/mol. The summed E-state index contributed by atoms with van der Waals surface area (Å²) >= 11 is 0. The van der Waals surface area contributed by atoms with Gasteiger partial charge in [0, 0.05) is 6.04 Å². The number of likely N-dealkylation sites (N-methyl/N-ethyl adjacent to an activating group) is 1. The number of aromatic nitrogens is 3. The first kappa shape index (κ1) is 17.1. The Morgan fingerprint density at radius 3 is 2.48 bits per heavy atom. The Morgan fingerprint density at radius 2 is 1.96 bits per heavy atom. The highest BCUT2D eigenvalue weighted by atomic mass is 16.6. The van der Waals surface area contributed by atoms with Gasteiger partial charge in [0.1, 0.15) is 18.3 Å². The van der Waals surface area contributed by atoms with Gasteiger partial charge in [-0.2, -0.15) is 5.10 Å². The molecule has 6 heteroatoms. The molecular formula is C17H24N4O2. The van der Waals surface area contributed by atoms with E-state index in [1.807, 2.05) is 57.0 Å². The predicted molar refractivity (Wildman–Crippen MR) is 88.2 cm³/mol. The summed E-state index contributed by atoms with van der Waals surface area (Å²) in [7, 11) is 1.92. The van der Waals surface area contributed by atoms with Crippen LogP contribution in [0.2, 0.25) is 0 Å². The van der Waals surface area contributed by atoms with Gasteiger partial charge in [-0.05, 0) is 52.4 Å². The normalized spacial score (nSPS) is 13.1. The van der Waals surface area contributed by atoms with Crippen molar-refractivity contribution in [2.45, 2.75) is 39.3 Å². The van der Waals surface area contributed by atoms with Gasteiger partial charge in [0.05, 0.1) is 12.2 Å². The van der Waals surface area contributed by atoms with E-state index in [9.17, 15) is 4.79 Å². The van der Waals surface area contributed by atoms with Crippen molar-refractivity contribution < 1.29 is 9.53 Å². The minimum Gasteiger partial charge on any atom is -0.459 e. The van der Waals surface area contributed by atoms with Crippen LogP contribution in [0.5, 0.6) is 0 Å². The molecule has 1 unspecified atom stereocenters. The SMILES string of the molecule is CC(c1ccc(-n2cncn2)cc1)N(C)CC(=O)OC(C)(C)C. The van der Waals surface area contributed by atoms with Crippen LogP contribution in [0.3, 0.4) is 0 Å². The van der Waals surface area contributed by atoms with E-state index in [2.05, 4.69) is 17.0 Å². The van der Waals surface area contributed by atoms with E-state index in [4.69, 9.17) is 4.74 Å². The Labute approximate surface area is 137 Å². The largest absolute Gasteiger partial charge is 0.459 e. The molecule has 0 radical (unpaired) electrons. The summed E-state index contributed by atoms with van der Waals surface area (Å²) in [5.74, 6) is -0.217. The van der Waals surface area contributed by atoms with Crippen LogP contribution in [0.25, 0.3) is 5.69 Å². The molecule has 0 spiro atoms. The summed E-state index contributed by atoms with van der Waals surface area (Å²) in [6.45, 7) is 7.93. The number of benzene rings is 1. The van der Waals surface area contributed by atoms with Crippen molar-refractivity contribution in [1.29, 1.82) is 0 Å². The van der Waals surface area contributed by atoms with Crippen molar-refractivity contribution in [2.75, 3.05) is 13.6 Å². The number of nitrogens with zero attached hydrogens (tertiary/aromatic N) is 4. The van der Waals surface area contributed by atoms with E-state index in [0.29, 0.717) is 0 Å². The number of carbonyl (C=O) groups is 1. The Bertz CT molecular complexity index is 630. The molecule has 0 bridgehead atoms. The molecule has 0 fully saturated rings. The summed E-state index contributed by atoms with van der Waals surface area (Å²) in [6, 6.07) is 8.15. The van der Waals surface area contributed by atoms with Gasteiger partial charge < -0.3 is 4.74 Å². The summed E-state index contributed by atoms with van der Waals surface area (Å²) in [5.41, 5.74) is 1.62. The third-order valence-corrected chi connectivity index (χ3v) is 3.52. The summed E-state index contributed by atoms with van der Waals surface area (Å²) in [4.78, 5) is 17.8. The van der Waals surface area contributed by atoms with Gasteiger partial charge >= 0.3 is 5.97 Å². The van der Waals surface area contributed by atoms with E-state index in [-0.39, 0.29) is 18.6 Å². The van der Waals surface area contributed by atoms with Crippen molar-refractivity contribution in [1.82, 2.24) is 19.7 Å². The Kier molecular flexibility index (Phi) is 5.15. The molecule has 1 atom stereocenters. The topological polar surface area (TPSA) is 60.2 Å². The molecule has 0 aliphatic carbocycles. The average molecular weight is 316 g/mol. The molecule has 1 aromatic carbocycles. The standard InChI is InChI=1S/C17H24N4O2/c1-13(20(5)10-16(22)23-17(2,3)4)14-6-8-15(9-7-14)21-12-18-11-19-21/h6-9,11-13H,10H2,1-5H3. The van der Waals surface area contributed by atoms with Crippen LogP contribution in [0.1, 0.15) is 39.3 Å². The van der Waals surface area contributed by atoms with Crippen LogP contribution >= 0.6 is 0 Å². The van der Waals surface area contributed by atoms with E-state index in [1.165, 1.54) is 6.33 Å². The van der Waals surface area contributed by atoms with Crippen molar-refractivity contribution in [3.63, 3.8) is 0 Å². The van der Waals surface area contributed by atoms with E-state index < -0.39 is 5.60 Å². The first-order chi connectivity index (χ1) is 10.8. The quantitative estimate of drug-likeness (QED) is 0.794. The fourth-order valence-electron chi connectivity index (χ4n) is 2.22. The Hall–Kier alpha value is -2.21. The zero-order valence-electron chi connectivity index (χ0n) is 14.4. The first-order valence-electron chi connectivity index (χ1n) is 7.63. The summed E-state index contributed by atoms with van der Waals surface area (Å²) in [5, 5.41) is 4.10. The van der Waals surface area contributed by atoms with Crippen LogP contribution in [-0.2, 0) is 9.53 Å². The van der Waals surface area contributed by atoms with E-state index in [0.717, 1.165) is 11.3 Å². The van der Waals surface area contributed by atoms with Crippen LogP contribution in [0, 0.1) is 0 Å². The van der Waals surface area contributed by atoms with Gasteiger partial charge in [0.25, 0.3) is 0 Å². The number of rotatable bonds is 5. The molecule has 0 saturated carbocycles. The summed E-state index contributed by atoms with van der Waals surface area (Å²) in [6.07, 6.45) is 3.16. The lowest BCUT2D eigenvalue weighted by molar-refractivity contribution is -0.156. The highest BCUT2D eigenvalue weighted by Crippen LogP contribution is 2.20. The fraction of sp³-hybridized carbons (Fsp3) is 0.471. The maximum absolute atomic E-state index is 11.9. The zero-order chi connectivity index (χ0) is 17.0. The van der Waals surface area contributed by atoms with Crippen LogP contribution in [-0.4, -0.2) is 44.8 Å². The Balaban J connectivity index is 1.99. The fourth-order valence-corrected chi connectivity index (χ4v) is 2.22. The molecule has 124 valence electrons. The molecule has 23 heavy (non-hydrogen) atoms. The number of hydrogen-bond donors (Lipinski definition) is 0. The van der Waals surface area contributed by atoms with Gasteiger partial charge in [-0.25, -0.2) is 9.67 Å². The molecule has 0 amide bonds. The molecule has 0 aliphatic rings. The lowest BCUT2D eigenvalue weighted by atomic mass is 10.1. The van der Waals surface area contributed by atoms with Crippen molar-refractivity contribution in [3.05, 3.63) is 42.5 Å². The molecule has 0 saturated heterocycles. The molecule has 1 aromatic heterocycles. The van der Waals surface area contributed by atoms with E-state index in [1.54, 1.807) is 11.0 Å². The van der Waals surface area contributed by atoms with Crippen molar-refractivity contribution in [3.8, 4) is 5.69 Å². The maximum Gasteiger partial charge on any atom is 0.320 e. The number of esters is 1. The predicted octanol–water partition coefficient (Wildman–Crippen LogP) is 2.60. The van der Waals surface area contributed by atoms with Gasteiger partial charge in [-0.1, -0.05) is 12.1 Å². The second-order valence-electron chi connectivity index (χ2n) is 6.61. The molecule has 0 aliphatic heterocycles. The van der Waals surface area contributed by atoms with Gasteiger partial charge in [-0.15, -0.1) is 0 Å². The van der Waals surface area contributed by atoms with Crippen LogP contribution in [0.15, 0.2) is 36.9 Å². The molecule has 1 heterocycles. The number of ether oxygens (including phenoxy) is 1. The highest BCUT2D eigenvalue weighted by Gasteiger charge is 2.20. The minimum absolute atomic E-state index is 0.104. The van der Waals surface area contributed by atoms with Crippen molar-refractivity contribution in [2.24, 2.45) is 0 Å². The van der Waals surface area contributed by atoms with Gasteiger partial charge in [0.2, 0.25) is 0 Å². The third kappa shape index (κ3) is 4.89. The van der Waals surface area contributed by atoms with Crippen LogP contribution in [0.4, 0.5) is 0 Å². The zero-order valence-corrected chi connectivity index (χ0v) is 14.4. The lowest BCUT2D eigenvalue weighted by Crippen LogP contribution is -2.34. The number of carbonyl (C=O) groups excluding carboxylic acids is 1. The number of hydrogen-bond acceptors (Lipinski definition) is 5. The third-order valence-electron chi connectivity index (χ3n) is 3.52. The van der Waals surface area contributed by atoms with Gasteiger partial charge in [-0.3, -0.25) is 9.69 Å². The lowest BCUT2D eigenvalue weighted by Gasteiger charge is -2.26. The minimum atomic E-state index is -0.458. The van der Waals surface area contributed by atoms with Crippen LogP contribution < -0.4 is 0 Å². The van der Waals surface area contributed by atoms with Crippen molar-refractivity contribution >= 4 is 5.97 Å². The molecule has 6 nitrogen and oxygen atoms in total. The van der Waals surface area contributed by atoms with Gasteiger partial charge in [0.15, 0.2) is 0 Å². The molecule has 2 aromatic rings. The first-order valence-corrected chi connectivity index (χ1v) is 7.63. The average Bonchev–Trinajstić information content (AvgIpc) is 2.98. The summed E-state index contributed by atoms with van der Waals surface area (Å²) < 4.78 is 7.07. The smallest absolute Gasteiger partial charge is 0.320 e. The second kappa shape index (κ2) is 6.91.